The van der Waals surface area contributed by atoms with Gasteiger partial charge in [-0.05, 0) is 45.0 Å². The minimum absolute atomic E-state index is 0.0412. The molecule has 0 radical (unpaired) electrons. The van der Waals surface area contributed by atoms with Crippen molar-refractivity contribution in [3.63, 3.8) is 0 Å². The summed E-state index contributed by atoms with van der Waals surface area (Å²) < 4.78 is 31.9. The lowest BCUT2D eigenvalue weighted by molar-refractivity contribution is -0.143. The van der Waals surface area contributed by atoms with Crippen LogP contribution in [0.4, 0.5) is 0 Å². The number of esters is 1. The highest BCUT2D eigenvalue weighted by molar-refractivity contribution is 7.89. The molecular weight excluding hydrogens is 430 g/mol. The van der Waals surface area contributed by atoms with Gasteiger partial charge in [0, 0.05) is 12.2 Å². The third-order valence-corrected chi connectivity index (χ3v) is 6.10. The maximum atomic E-state index is 12.8. The first-order valence-corrected chi connectivity index (χ1v) is 11.4. The quantitative estimate of drug-likeness (QED) is 0.563. The minimum atomic E-state index is -3.91. The molecule has 0 atom stereocenters. The number of aromatic nitrogens is 3. The van der Waals surface area contributed by atoms with Crippen LogP contribution in [0.2, 0.25) is 0 Å². The van der Waals surface area contributed by atoms with Crippen LogP contribution in [0.5, 0.6) is 0 Å². The van der Waals surface area contributed by atoms with Gasteiger partial charge in [-0.1, -0.05) is 11.3 Å². The zero-order valence-electron chi connectivity index (χ0n) is 16.6. The van der Waals surface area contributed by atoms with Gasteiger partial charge in [-0.15, -0.1) is 0 Å². The second-order valence-corrected chi connectivity index (χ2v) is 9.19. The first kappa shape index (κ1) is 21.9. The van der Waals surface area contributed by atoms with Crippen molar-refractivity contribution in [3.8, 4) is 0 Å². The van der Waals surface area contributed by atoms with Crippen LogP contribution < -0.4 is 9.94 Å². The zero-order valence-corrected chi connectivity index (χ0v) is 18.2. The lowest BCUT2D eigenvalue weighted by Crippen LogP contribution is -2.23. The van der Waals surface area contributed by atoms with Gasteiger partial charge in [-0.25, -0.2) is 13.6 Å². The summed E-state index contributed by atoms with van der Waals surface area (Å²) in [6, 6.07) is 5.77. The van der Waals surface area contributed by atoms with Crippen LogP contribution in [-0.4, -0.2) is 41.2 Å². The minimum Gasteiger partial charge on any atom is -0.465 e. The van der Waals surface area contributed by atoms with Crippen molar-refractivity contribution < 1.29 is 22.7 Å². The summed E-state index contributed by atoms with van der Waals surface area (Å²) in [4.78, 5) is 29.2. The van der Waals surface area contributed by atoms with Crippen LogP contribution in [0, 0.1) is 0 Å². The Morgan fingerprint density at radius 3 is 2.67 bits per heavy atom. The van der Waals surface area contributed by atoms with Crippen LogP contribution >= 0.6 is 11.3 Å². The van der Waals surface area contributed by atoms with Gasteiger partial charge < -0.3 is 9.30 Å². The number of thiazole rings is 1. The summed E-state index contributed by atoms with van der Waals surface area (Å²) in [6.07, 6.45) is 1.51. The van der Waals surface area contributed by atoms with Gasteiger partial charge in [0.25, 0.3) is 5.91 Å². The van der Waals surface area contributed by atoms with E-state index in [9.17, 15) is 18.0 Å². The fraction of sp³-hybridized carbons (Fsp3) is 0.333. The molecule has 2 N–H and O–H groups in total. The highest BCUT2D eigenvalue weighted by Gasteiger charge is 2.17. The number of fused-ring (bicyclic) bond motifs is 1. The number of amides is 1. The van der Waals surface area contributed by atoms with Crippen LogP contribution in [0.25, 0.3) is 10.2 Å². The Hall–Kier alpha value is -2.83. The summed E-state index contributed by atoms with van der Waals surface area (Å²) >= 11 is 1.07. The fourth-order valence-corrected chi connectivity index (χ4v) is 4.53. The van der Waals surface area contributed by atoms with Crippen molar-refractivity contribution in [1.29, 1.82) is 0 Å². The van der Waals surface area contributed by atoms with E-state index in [0.717, 1.165) is 11.3 Å². The van der Waals surface area contributed by atoms with Crippen molar-refractivity contribution in [3.05, 3.63) is 41.0 Å². The van der Waals surface area contributed by atoms with Gasteiger partial charge in [0.05, 0.1) is 21.7 Å². The SMILES string of the molecule is CCOC(=O)Cn1c(=NC(=O)c2ccnn2C(C)C)sc2cc(S(N)(=O)=O)ccc21. The Morgan fingerprint density at radius 1 is 1.30 bits per heavy atom. The van der Waals surface area contributed by atoms with E-state index >= 15 is 0 Å². The molecule has 3 aromatic rings. The standard InChI is InChI=1S/C18H21N5O5S2/c1-4-28-16(24)10-22-13-6-5-12(30(19,26)27)9-15(13)29-18(22)21-17(25)14-7-8-20-23(14)11(2)3/h5-9,11H,4,10H2,1-3H3,(H2,19,26,27). The molecule has 0 unspecified atom stereocenters. The maximum Gasteiger partial charge on any atom is 0.326 e. The Bertz CT molecular complexity index is 1280. The van der Waals surface area contributed by atoms with Crippen molar-refractivity contribution in [2.45, 2.75) is 38.3 Å². The Morgan fingerprint density at radius 2 is 2.03 bits per heavy atom. The number of nitrogens with two attached hydrogens (primary N) is 1. The first-order valence-electron chi connectivity index (χ1n) is 9.06. The molecule has 160 valence electrons. The molecule has 2 heterocycles. The molecule has 0 aliphatic carbocycles. The molecule has 0 bridgehead atoms. The van der Waals surface area contributed by atoms with E-state index in [1.807, 2.05) is 13.8 Å². The molecule has 1 amide bonds. The Balaban J connectivity index is 2.18. The van der Waals surface area contributed by atoms with Crippen LogP contribution in [0.1, 0.15) is 37.3 Å². The third kappa shape index (κ3) is 4.50. The van der Waals surface area contributed by atoms with Gasteiger partial charge in [-0.2, -0.15) is 10.1 Å². The second-order valence-electron chi connectivity index (χ2n) is 6.62. The van der Waals surface area contributed by atoms with Crippen molar-refractivity contribution >= 4 is 43.5 Å². The number of primary sulfonamides is 1. The van der Waals surface area contributed by atoms with Crippen LogP contribution in [0.15, 0.2) is 40.4 Å². The zero-order chi connectivity index (χ0) is 22.1. The van der Waals surface area contributed by atoms with Crippen molar-refractivity contribution in [1.82, 2.24) is 14.3 Å². The number of ether oxygens (including phenoxy) is 1. The predicted octanol–water partition coefficient (Wildman–Crippen LogP) is 1.43. The predicted molar refractivity (Wildman–Crippen MR) is 110 cm³/mol. The van der Waals surface area contributed by atoms with Crippen molar-refractivity contribution in [2.75, 3.05) is 6.61 Å². The van der Waals surface area contributed by atoms with E-state index in [-0.39, 0.29) is 28.9 Å². The molecule has 0 saturated carbocycles. The number of nitrogens with zero attached hydrogens (tertiary/aromatic N) is 4. The normalized spacial score (nSPS) is 12.6. The molecule has 3 rings (SSSR count). The highest BCUT2D eigenvalue weighted by atomic mass is 32.2. The van der Waals surface area contributed by atoms with E-state index in [0.29, 0.717) is 15.9 Å². The molecular formula is C18H21N5O5S2. The first-order chi connectivity index (χ1) is 14.1. The van der Waals surface area contributed by atoms with E-state index in [2.05, 4.69) is 10.1 Å². The smallest absolute Gasteiger partial charge is 0.326 e. The van der Waals surface area contributed by atoms with Gasteiger partial charge in [0.15, 0.2) is 4.80 Å². The van der Waals surface area contributed by atoms with Crippen LogP contribution in [0.3, 0.4) is 0 Å². The van der Waals surface area contributed by atoms with Gasteiger partial charge in [-0.3, -0.25) is 14.3 Å². The number of hydrogen-bond acceptors (Lipinski definition) is 7. The molecule has 0 spiro atoms. The lowest BCUT2D eigenvalue weighted by atomic mass is 10.3. The number of carbonyl (C=O) groups excluding carboxylic acids is 2. The van der Waals surface area contributed by atoms with Crippen molar-refractivity contribution in [2.24, 2.45) is 10.1 Å². The molecule has 0 aliphatic rings. The molecule has 30 heavy (non-hydrogen) atoms. The third-order valence-electron chi connectivity index (χ3n) is 4.15. The van der Waals surface area contributed by atoms with Gasteiger partial charge >= 0.3 is 5.97 Å². The van der Waals surface area contributed by atoms with E-state index in [4.69, 9.17) is 9.88 Å². The molecule has 2 aromatic heterocycles. The molecule has 1 aromatic carbocycles. The number of benzene rings is 1. The number of carbonyl (C=O) groups is 2. The topological polar surface area (TPSA) is 139 Å². The summed E-state index contributed by atoms with van der Waals surface area (Å²) in [5.41, 5.74) is 0.833. The average molecular weight is 452 g/mol. The molecule has 10 nitrogen and oxygen atoms in total. The Labute approximate surface area is 176 Å². The fourth-order valence-electron chi connectivity index (χ4n) is 2.84. The summed E-state index contributed by atoms with van der Waals surface area (Å²) in [5.74, 6) is -1.04. The number of rotatable bonds is 6. The highest BCUT2D eigenvalue weighted by Crippen LogP contribution is 2.21. The summed E-state index contributed by atoms with van der Waals surface area (Å²) in [5, 5.41) is 9.34. The van der Waals surface area contributed by atoms with Gasteiger partial charge in [0.1, 0.15) is 12.2 Å². The lowest BCUT2D eigenvalue weighted by Gasteiger charge is -2.08. The maximum absolute atomic E-state index is 12.8. The monoisotopic (exact) mass is 451 g/mol. The molecule has 0 fully saturated rings. The number of sulfonamides is 1. The average Bonchev–Trinajstić information content (AvgIpc) is 3.26. The second kappa shape index (κ2) is 8.50. The molecule has 0 saturated heterocycles. The summed E-state index contributed by atoms with van der Waals surface area (Å²) in [7, 11) is -3.91. The van der Waals surface area contributed by atoms with E-state index in [1.165, 1.54) is 29.0 Å². The van der Waals surface area contributed by atoms with Gasteiger partial charge in [0.2, 0.25) is 10.0 Å². The van der Waals surface area contributed by atoms with Crippen LogP contribution in [-0.2, 0) is 26.1 Å². The molecule has 12 heteroatoms. The van der Waals surface area contributed by atoms with E-state index in [1.54, 1.807) is 17.7 Å². The largest absolute Gasteiger partial charge is 0.465 e. The number of hydrogen-bond donors (Lipinski definition) is 1. The summed E-state index contributed by atoms with van der Waals surface area (Å²) in [6.45, 7) is 5.49. The molecule has 0 aliphatic heterocycles. The Kier molecular flexibility index (Phi) is 6.19. The van der Waals surface area contributed by atoms with E-state index < -0.39 is 21.9 Å².